The topological polar surface area (TPSA) is 125 Å². The van der Waals surface area contributed by atoms with E-state index in [0.29, 0.717) is 6.42 Å². The second-order valence-corrected chi connectivity index (χ2v) is 11.8. The van der Waals surface area contributed by atoms with Crippen molar-refractivity contribution in [2.45, 2.75) is 85.2 Å². The molecular weight excluding hydrogens is 480 g/mol. The van der Waals surface area contributed by atoms with E-state index in [1.807, 2.05) is 39.8 Å². The van der Waals surface area contributed by atoms with Gasteiger partial charge in [-0.05, 0) is 24.5 Å². The summed E-state index contributed by atoms with van der Waals surface area (Å²) in [7, 11) is 0. The molecule has 204 valence electrons. The molecule has 9 nitrogen and oxygen atoms in total. The highest BCUT2D eigenvalue weighted by molar-refractivity contribution is 5.70. The van der Waals surface area contributed by atoms with Crippen molar-refractivity contribution in [3.63, 3.8) is 0 Å². The molecule has 0 aromatic carbocycles. The Hall–Kier alpha value is -2.68. The highest BCUT2D eigenvalue weighted by Gasteiger charge is 2.87. The minimum Gasteiger partial charge on any atom is -0.461 e. The predicted molar refractivity (Wildman–Crippen MR) is 131 cm³/mol. The number of fused-ring (bicyclic) bond motifs is 5. The van der Waals surface area contributed by atoms with Crippen LogP contribution in [0.15, 0.2) is 23.3 Å². The van der Waals surface area contributed by atoms with Crippen LogP contribution in [-0.2, 0) is 38.1 Å². The summed E-state index contributed by atoms with van der Waals surface area (Å²) in [6, 6.07) is 0. The summed E-state index contributed by atoms with van der Waals surface area (Å²) in [6.45, 7) is 13.0. The van der Waals surface area contributed by atoms with Crippen LogP contribution in [0.2, 0.25) is 0 Å². The fraction of sp³-hybridized carbons (Fsp3) is 0.714. The van der Waals surface area contributed by atoms with Crippen molar-refractivity contribution in [2.24, 2.45) is 35.0 Å². The van der Waals surface area contributed by atoms with E-state index < -0.39 is 70.5 Å². The number of aliphatic hydroxyl groups is 1. The summed E-state index contributed by atoms with van der Waals surface area (Å²) in [5, 5.41) is 12.8. The highest BCUT2D eigenvalue weighted by atomic mass is 16.6. The summed E-state index contributed by atoms with van der Waals surface area (Å²) in [5.41, 5.74) is -1.56. The average molecular weight is 519 g/mol. The molecule has 9 atom stereocenters. The van der Waals surface area contributed by atoms with E-state index in [9.17, 15) is 24.3 Å². The molecule has 0 saturated heterocycles. The number of carbonyl (C=O) groups is 4. The first-order chi connectivity index (χ1) is 17.1. The van der Waals surface area contributed by atoms with Gasteiger partial charge in [-0.1, -0.05) is 32.9 Å². The number of carbonyl (C=O) groups excluding carboxylic acids is 4. The molecule has 0 spiro atoms. The second-order valence-electron chi connectivity index (χ2n) is 11.8. The molecule has 37 heavy (non-hydrogen) atoms. The van der Waals surface area contributed by atoms with Crippen LogP contribution in [0.4, 0.5) is 0 Å². The lowest BCUT2D eigenvalue weighted by Gasteiger charge is -2.52. The molecule has 2 fully saturated rings. The van der Waals surface area contributed by atoms with E-state index in [1.165, 1.54) is 27.7 Å². The van der Waals surface area contributed by atoms with Crippen molar-refractivity contribution in [3.05, 3.63) is 23.3 Å². The molecule has 4 aliphatic rings. The van der Waals surface area contributed by atoms with Crippen molar-refractivity contribution in [2.75, 3.05) is 6.61 Å². The Labute approximate surface area is 217 Å². The van der Waals surface area contributed by atoms with Crippen molar-refractivity contribution in [1.29, 1.82) is 0 Å². The van der Waals surface area contributed by atoms with Gasteiger partial charge in [0.25, 0.3) is 0 Å². The number of hydrogen-bond acceptors (Lipinski definition) is 9. The van der Waals surface area contributed by atoms with E-state index in [-0.39, 0.29) is 18.4 Å². The van der Waals surface area contributed by atoms with Crippen LogP contribution < -0.4 is 0 Å². The Morgan fingerprint density at radius 1 is 0.946 bits per heavy atom. The molecule has 2 saturated carbocycles. The summed E-state index contributed by atoms with van der Waals surface area (Å²) in [6.07, 6.45) is 2.90. The molecule has 1 N–H and O–H groups in total. The third kappa shape index (κ3) is 4.01. The van der Waals surface area contributed by atoms with Gasteiger partial charge in [0.15, 0.2) is 5.60 Å². The highest BCUT2D eigenvalue weighted by Crippen LogP contribution is 2.77. The largest absolute Gasteiger partial charge is 0.461 e. The molecule has 0 amide bonds. The monoisotopic (exact) mass is 518 g/mol. The van der Waals surface area contributed by atoms with Gasteiger partial charge in [-0.3, -0.25) is 19.2 Å². The smallest absolute Gasteiger partial charge is 0.303 e. The number of hydrogen-bond donors (Lipinski definition) is 1. The number of ether oxygens (including phenoxy) is 4. The van der Waals surface area contributed by atoms with E-state index in [2.05, 4.69) is 0 Å². The molecule has 4 rings (SSSR count). The molecule has 0 radical (unpaired) electrons. The first kappa shape index (κ1) is 27.4. The summed E-state index contributed by atoms with van der Waals surface area (Å²) in [5.74, 6) is -4.17. The first-order valence-corrected chi connectivity index (χ1v) is 12.9. The minimum absolute atomic E-state index is 0.0342. The quantitative estimate of drug-likeness (QED) is 0.332. The molecule has 0 aromatic heterocycles. The van der Waals surface area contributed by atoms with Gasteiger partial charge in [-0.2, -0.15) is 0 Å². The Kier molecular flexibility index (Phi) is 6.63. The Balaban J connectivity index is 1.90. The third-order valence-electron chi connectivity index (χ3n) is 9.21. The zero-order valence-corrected chi connectivity index (χ0v) is 22.8. The van der Waals surface area contributed by atoms with Gasteiger partial charge < -0.3 is 24.1 Å². The van der Waals surface area contributed by atoms with Crippen LogP contribution in [0, 0.1) is 35.0 Å². The van der Waals surface area contributed by atoms with Crippen molar-refractivity contribution in [1.82, 2.24) is 0 Å². The fourth-order valence-corrected chi connectivity index (χ4v) is 7.88. The Morgan fingerprint density at radius 3 is 2.11 bits per heavy atom. The first-order valence-electron chi connectivity index (χ1n) is 12.9. The third-order valence-corrected chi connectivity index (χ3v) is 9.21. The fourth-order valence-electron chi connectivity index (χ4n) is 7.88. The number of rotatable bonds is 5. The normalized spacial score (nSPS) is 40.9. The molecule has 4 aliphatic carbocycles. The van der Waals surface area contributed by atoms with Gasteiger partial charge in [0, 0.05) is 62.7 Å². The molecule has 0 heterocycles. The lowest BCUT2D eigenvalue weighted by atomic mass is 9.59. The molecule has 9 heteroatoms. The van der Waals surface area contributed by atoms with Gasteiger partial charge in [-0.15, -0.1) is 0 Å². The maximum absolute atomic E-state index is 12.8. The minimum atomic E-state index is -1.43. The van der Waals surface area contributed by atoms with Crippen molar-refractivity contribution >= 4 is 23.9 Å². The maximum atomic E-state index is 12.8. The van der Waals surface area contributed by atoms with Crippen molar-refractivity contribution < 1.29 is 43.2 Å². The Morgan fingerprint density at radius 2 is 1.57 bits per heavy atom. The summed E-state index contributed by atoms with van der Waals surface area (Å²) < 4.78 is 22.9. The SMILES string of the molecule is CC(=O)OCC1=C[C@H]2[C@@H]3C(C)(C)[C@]3(OC(C)=O)[C@H](OC(C)=O)[C@@H](C)[C@]2(O)[C@@H]2C=C(C)[C@H](OC(C)=O)[C@H]2C1. The molecular formula is C28H38O9. The molecule has 0 aromatic rings. The van der Waals surface area contributed by atoms with Gasteiger partial charge >= 0.3 is 23.9 Å². The van der Waals surface area contributed by atoms with Crippen LogP contribution >= 0.6 is 0 Å². The van der Waals surface area contributed by atoms with E-state index in [0.717, 1.165) is 11.1 Å². The molecule has 0 aliphatic heterocycles. The second kappa shape index (κ2) is 8.96. The van der Waals surface area contributed by atoms with Crippen LogP contribution in [-0.4, -0.2) is 59.0 Å². The van der Waals surface area contributed by atoms with Crippen LogP contribution in [0.1, 0.15) is 61.8 Å². The average Bonchev–Trinajstić information content (AvgIpc) is 3.13. The van der Waals surface area contributed by atoms with Gasteiger partial charge in [0.1, 0.15) is 18.8 Å². The zero-order valence-electron chi connectivity index (χ0n) is 22.8. The van der Waals surface area contributed by atoms with Gasteiger partial charge in [0.2, 0.25) is 0 Å². The standard InChI is InChI=1S/C28H38O9/c1-13-9-21-20(23(13)35-16(4)30)10-19(12-34-15(3)29)11-22-24-26(7,8)28(24,37-18(6)32)25(36-17(5)31)14(2)27(21,22)33/h9,11,14,20-25,33H,10,12H2,1-8H3/t14-,20+,21-,22+,23+,24-,25-,27+,28-/m1/s1. The molecule has 0 unspecified atom stereocenters. The Bertz CT molecular complexity index is 1090. The van der Waals surface area contributed by atoms with E-state index in [4.69, 9.17) is 18.9 Å². The van der Waals surface area contributed by atoms with Crippen molar-refractivity contribution in [3.8, 4) is 0 Å². The maximum Gasteiger partial charge on any atom is 0.303 e. The van der Waals surface area contributed by atoms with Gasteiger partial charge in [0.05, 0.1) is 5.60 Å². The van der Waals surface area contributed by atoms with E-state index in [1.54, 1.807) is 0 Å². The molecule has 0 bridgehead atoms. The zero-order chi connectivity index (χ0) is 27.7. The van der Waals surface area contributed by atoms with E-state index >= 15 is 0 Å². The summed E-state index contributed by atoms with van der Waals surface area (Å²) >= 11 is 0. The van der Waals surface area contributed by atoms with Crippen LogP contribution in [0.25, 0.3) is 0 Å². The predicted octanol–water partition coefficient (Wildman–Crippen LogP) is 2.89. The lowest BCUT2D eigenvalue weighted by molar-refractivity contribution is -0.220. The van der Waals surface area contributed by atoms with Crippen LogP contribution in [0.5, 0.6) is 0 Å². The summed E-state index contributed by atoms with van der Waals surface area (Å²) in [4.78, 5) is 48.3. The lowest BCUT2D eigenvalue weighted by Crippen LogP contribution is -2.63. The van der Waals surface area contributed by atoms with Gasteiger partial charge in [-0.25, -0.2) is 0 Å². The number of esters is 4. The van der Waals surface area contributed by atoms with Crippen LogP contribution in [0.3, 0.4) is 0 Å².